The molecule has 1 unspecified atom stereocenters. The van der Waals surface area contributed by atoms with Crippen molar-refractivity contribution in [3.05, 3.63) is 29.8 Å². The molecule has 5 nitrogen and oxygen atoms in total. The van der Waals surface area contributed by atoms with Crippen LogP contribution < -0.4 is 15.8 Å². The zero-order valence-corrected chi connectivity index (χ0v) is 15.5. The lowest BCUT2D eigenvalue weighted by atomic mass is 10.0. The van der Waals surface area contributed by atoms with Crippen LogP contribution in [0.5, 0.6) is 5.75 Å². The van der Waals surface area contributed by atoms with Crippen molar-refractivity contribution in [3.63, 3.8) is 0 Å². The van der Waals surface area contributed by atoms with Gasteiger partial charge in [0.2, 0.25) is 0 Å². The van der Waals surface area contributed by atoms with E-state index in [0.29, 0.717) is 31.8 Å². The third-order valence-electron chi connectivity index (χ3n) is 3.70. The van der Waals surface area contributed by atoms with Gasteiger partial charge in [0.15, 0.2) is 5.96 Å². The summed E-state index contributed by atoms with van der Waals surface area (Å²) in [6.07, 6.45) is 3.57. The minimum absolute atomic E-state index is 0.344. The molecule has 0 aliphatic heterocycles. The molecule has 0 radical (unpaired) electrons. The molecular formula is C19H33N3O2. The molecule has 24 heavy (non-hydrogen) atoms. The molecule has 1 aromatic rings. The van der Waals surface area contributed by atoms with Crippen molar-refractivity contribution in [2.45, 2.75) is 52.6 Å². The molecule has 0 spiro atoms. The molecule has 0 bridgehead atoms. The highest BCUT2D eigenvalue weighted by atomic mass is 16.5. The predicted molar refractivity (Wildman–Crippen MR) is 100 cm³/mol. The Kier molecular flexibility index (Phi) is 9.92. The Bertz CT molecular complexity index is 489. The first-order chi connectivity index (χ1) is 11.5. The molecule has 0 aliphatic rings. The molecule has 0 amide bonds. The number of hydrogen-bond donors (Lipinski definition) is 2. The van der Waals surface area contributed by atoms with Gasteiger partial charge in [-0.25, -0.2) is 4.99 Å². The van der Waals surface area contributed by atoms with Crippen molar-refractivity contribution in [3.8, 4) is 5.75 Å². The molecule has 0 fully saturated rings. The van der Waals surface area contributed by atoms with Crippen molar-refractivity contribution in [2.75, 3.05) is 20.3 Å². The largest absolute Gasteiger partial charge is 0.491 e. The smallest absolute Gasteiger partial charge is 0.189 e. The maximum Gasteiger partial charge on any atom is 0.189 e. The van der Waals surface area contributed by atoms with Gasteiger partial charge in [-0.05, 0) is 37.0 Å². The zero-order chi connectivity index (χ0) is 17.8. The molecular weight excluding hydrogens is 302 g/mol. The van der Waals surface area contributed by atoms with E-state index >= 15 is 0 Å². The summed E-state index contributed by atoms with van der Waals surface area (Å²) in [5.41, 5.74) is 7.05. The molecule has 3 N–H and O–H groups in total. The van der Waals surface area contributed by atoms with E-state index in [0.717, 1.165) is 23.7 Å². The molecule has 0 saturated heterocycles. The molecule has 0 heterocycles. The highest BCUT2D eigenvalue weighted by molar-refractivity contribution is 5.78. The Balaban J connectivity index is 2.39. The Labute approximate surface area is 146 Å². The number of aliphatic imine (C=N–C) groups is 1. The summed E-state index contributed by atoms with van der Waals surface area (Å²) in [5, 5.41) is 3.26. The number of rotatable bonds is 11. The summed E-state index contributed by atoms with van der Waals surface area (Å²) in [4.78, 5) is 4.42. The van der Waals surface area contributed by atoms with Gasteiger partial charge in [-0.1, -0.05) is 38.8 Å². The van der Waals surface area contributed by atoms with E-state index in [1.807, 2.05) is 24.3 Å². The van der Waals surface area contributed by atoms with Crippen LogP contribution in [0.2, 0.25) is 0 Å². The van der Waals surface area contributed by atoms with E-state index in [1.165, 1.54) is 12.8 Å². The highest BCUT2D eigenvalue weighted by Gasteiger charge is 2.04. The lowest BCUT2D eigenvalue weighted by molar-refractivity contribution is 0.146. The fraction of sp³-hybridized carbons (Fsp3) is 0.632. The minimum atomic E-state index is 0.344. The lowest BCUT2D eigenvalue weighted by Gasteiger charge is -2.15. The third-order valence-corrected chi connectivity index (χ3v) is 3.70. The van der Waals surface area contributed by atoms with Gasteiger partial charge in [0.25, 0.3) is 0 Å². The standard InChI is InChI=1S/C19H33N3O2/c1-15(2)7-5-8-16(3)22-19(20)21-14-17-9-6-10-18(13-17)24-12-11-23-4/h6,9-10,13,15-16H,5,7-8,11-12,14H2,1-4H3,(H3,20,21,22). The minimum Gasteiger partial charge on any atom is -0.491 e. The number of methoxy groups -OCH3 is 1. The van der Waals surface area contributed by atoms with Gasteiger partial charge < -0.3 is 20.5 Å². The average Bonchev–Trinajstić information content (AvgIpc) is 2.53. The zero-order valence-electron chi connectivity index (χ0n) is 15.5. The molecule has 0 saturated carbocycles. The van der Waals surface area contributed by atoms with E-state index in [4.69, 9.17) is 15.2 Å². The Morgan fingerprint density at radius 2 is 2.00 bits per heavy atom. The topological polar surface area (TPSA) is 68.9 Å². The van der Waals surface area contributed by atoms with Crippen molar-refractivity contribution in [1.82, 2.24) is 5.32 Å². The summed E-state index contributed by atoms with van der Waals surface area (Å²) in [7, 11) is 1.66. The molecule has 0 aliphatic carbocycles. The van der Waals surface area contributed by atoms with E-state index < -0.39 is 0 Å². The van der Waals surface area contributed by atoms with Crippen molar-refractivity contribution >= 4 is 5.96 Å². The van der Waals surface area contributed by atoms with Gasteiger partial charge in [-0.15, -0.1) is 0 Å². The second-order valence-electron chi connectivity index (χ2n) is 6.56. The van der Waals surface area contributed by atoms with Crippen LogP contribution in [0.25, 0.3) is 0 Å². The summed E-state index contributed by atoms with van der Waals surface area (Å²) >= 11 is 0. The molecule has 1 rings (SSSR count). The number of nitrogens with zero attached hydrogens (tertiary/aromatic N) is 1. The van der Waals surface area contributed by atoms with E-state index in [2.05, 4.69) is 31.1 Å². The molecule has 0 aromatic heterocycles. The Morgan fingerprint density at radius 3 is 2.71 bits per heavy atom. The van der Waals surface area contributed by atoms with Gasteiger partial charge in [0.05, 0.1) is 13.2 Å². The van der Waals surface area contributed by atoms with Gasteiger partial charge in [-0.3, -0.25) is 0 Å². The number of guanidine groups is 1. The van der Waals surface area contributed by atoms with Crippen LogP contribution in [-0.4, -0.2) is 32.3 Å². The molecule has 1 atom stereocenters. The number of hydrogen-bond acceptors (Lipinski definition) is 3. The summed E-state index contributed by atoms with van der Waals surface area (Å²) in [6.45, 7) is 8.31. The normalized spacial score (nSPS) is 13.1. The lowest BCUT2D eigenvalue weighted by Crippen LogP contribution is -2.38. The summed E-state index contributed by atoms with van der Waals surface area (Å²) < 4.78 is 10.6. The fourth-order valence-corrected chi connectivity index (χ4v) is 2.36. The molecule has 1 aromatic carbocycles. The Hall–Kier alpha value is -1.75. The predicted octanol–water partition coefficient (Wildman–Crippen LogP) is 3.33. The van der Waals surface area contributed by atoms with Gasteiger partial charge in [-0.2, -0.15) is 0 Å². The SMILES string of the molecule is COCCOc1cccc(CN=C(N)NC(C)CCCC(C)C)c1. The maximum atomic E-state index is 5.98. The van der Waals surface area contributed by atoms with Crippen LogP contribution in [-0.2, 0) is 11.3 Å². The van der Waals surface area contributed by atoms with Crippen LogP contribution >= 0.6 is 0 Å². The van der Waals surface area contributed by atoms with Crippen molar-refractivity contribution in [2.24, 2.45) is 16.6 Å². The second-order valence-corrected chi connectivity index (χ2v) is 6.56. The Morgan fingerprint density at radius 1 is 1.21 bits per heavy atom. The molecule has 5 heteroatoms. The fourth-order valence-electron chi connectivity index (χ4n) is 2.36. The third kappa shape index (κ3) is 9.40. The van der Waals surface area contributed by atoms with E-state index in [9.17, 15) is 0 Å². The van der Waals surface area contributed by atoms with Crippen LogP contribution in [0.1, 0.15) is 45.6 Å². The van der Waals surface area contributed by atoms with Gasteiger partial charge >= 0.3 is 0 Å². The number of benzene rings is 1. The van der Waals surface area contributed by atoms with E-state index in [-0.39, 0.29) is 0 Å². The number of ether oxygens (including phenoxy) is 2. The van der Waals surface area contributed by atoms with Crippen molar-refractivity contribution in [1.29, 1.82) is 0 Å². The van der Waals surface area contributed by atoms with Gasteiger partial charge in [0.1, 0.15) is 12.4 Å². The maximum absolute atomic E-state index is 5.98. The summed E-state index contributed by atoms with van der Waals surface area (Å²) in [5.74, 6) is 2.08. The second kappa shape index (κ2) is 11.7. The van der Waals surface area contributed by atoms with Crippen LogP contribution in [0, 0.1) is 5.92 Å². The first-order valence-electron chi connectivity index (χ1n) is 8.78. The van der Waals surface area contributed by atoms with E-state index in [1.54, 1.807) is 7.11 Å². The summed E-state index contributed by atoms with van der Waals surface area (Å²) in [6, 6.07) is 8.24. The number of nitrogens with two attached hydrogens (primary N) is 1. The van der Waals surface area contributed by atoms with Crippen molar-refractivity contribution < 1.29 is 9.47 Å². The first-order valence-corrected chi connectivity index (χ1v) is 8.78. The van der Waals surface area contributed by atoms with Gasteiger partial charge in [0, 0.05) is 13.2 Å². The van der Waals surface area contributed by atoms with Crippen LogP contribution in [0.3, 0.4) is 0 Å². The average molecular weight is 335 g/mol. The first kappa shape index (κ1) is 20.3. The quantitative estimate of drug-likeness (QED) is 0.370. The molecule has 136 valence electrons. The number of nitrogens with one attached hydrogen (secondary N) is 1. The monoisotopic (exact) mass is 335 g/mol. The van der Waals surface area contributed by atoms with Crippen LogP contribution in [0.15, 0.2) is 29.3 Å². The highest BCUT2D eigenvalue weighted by Crippen LogP contribution is 2.14. The van der Waals surface area contributed by atoms with Crippen LogP contribution in [0.4, 0.5) is 0 Å².